The molecule has 0 aromatic heterocycles. The van der Waals surface area contributed by atoms with Gasteiger partial charge in [0.2, 0.25) is 0 Å². The monoisotopic (exact) mass is 548 g/mol. The standard InChI is InChI=1S/C31H33ClN2O5/c1-4-38-26-15-19(14-21(32)31(26)39-16-27(37)33-20-12-11-17(2)18(3)13-20)28-29-22(7-5-9-24(29)35)34-23-8-6-10-25(36)30(23)28/h11-15,28,34H,4-10,16H2,1-3H3,(H,33,37). The third kappa shape index (κ3) is 5.46. The highest BCUT2D eigenvalue weighted by molar-refractivity contribution is 6.32. The van der Waals surface area contributed by atoms with E-state index in [9.17, 15) is 14.4 Å². The summed E-state index contributed by atoms with van der Waals surface area (Å²) in [5.41, 5.74) is 6.72. The molecule has 0 fully saturated rings. The lowest BCUT2D eigenvalue weighted by atomic mass is 9.71. The SMILES string of the molecule is CCOc1cc(C2C3=C(CCCC3=O)NC3=C2C(=O)CCC3)cc(Cl)c1OCC(=O)Nc1ccc(C)c(C)c1. The van der Waals surface area contributed by atoms with Gasteiger partial charge in [0, 0.05) is 47.0 Å². The summed E-state index contributed by atoms with van der Waals surface area (Å²) in [5, 5.41) is 6.53. The molecule has 5 rings (SSSR count). The largest absolute Gasteiger partial charge is 0.490 e. The number of hydrogen-bond acceptors (Lipinski definition) is 6. The summed E-state index contributed by atoms with van der Waals surface area (Å²) in [6.45, 7) is 5.92. The first-order valence-electron chi connectivity index (χ1n) is 13.5. The van der Waals surface area contributed by atoms with Gasteiger partial charge in [-0.3, -0.25) is 14.4 Å². The Morgan fingerprint density at radius 1 is 0.949 bits per heavy atom. The van der Waals surface area contributed by atoms with E-state index in [4.69, 9.17) is 21.1 Å². The van der Waals surface area contributed by atoms with Crippen molar-refractivity contribution in [1.82, 2.24) is 5.32 Å². The van der Waals surface area contributed by atoms with E-state index >= 15 is 0 Å². The zero-order chi connectivity index (χ0) is 27.7. The van der Waals surface area contributed by atoms with E-state index in [2.05, 4.69) is 10.6 Å². The molecule has 0 spiro atoms. The van der Waals surface area contributed by atoms with Crippen molar-refractivity contribution in [2.24, 2.45) is 0 Å². The van der Waals surface area contributed by atoms with Gasteiger partial charge in [0.25, 0.3) is 5.91 Å². The Labute approximate surface area is 233 Å². The van der Waals surface area contributed by atoms with Crippen LogP contribution in [-0.2, 0) is 14.4 Å². The molecule has 2 aromatic carbocycles. The maximum atomic E-state index is 13.2. The topological polar surface area (TPSA) is 93.7 Å². The van der Waals surface area contributed by atoms with Crippen molar-refractivity contribution in [3.8, 4) is 11.5 Å². The fourth-order valence-corrected chi connectivity index (χ4v) is 5.90. The molecule has 0 saturated heterocycles. The fourth-order valence-electron chi connectivity index (χ4n) is 5.63. The first kappa shape index (κ1) is 27.0. The molecule has 1 heterocycles. The Balaban J connectivity index is 1.46. The van der Waals surface area contributed by atoms with Crippen LogP contribution in [0.2, 0.25) is 5.02 Å². The van der Waals surface area contributed by atoms with E-state index in [1.54, 1.807) is 12.1 Å². The van der Waals surface area contributed by atoms with Crippen molar-refractivity contribution >= 4 is 34.8 Å². The second-order valence-electron chi connectivity index (χ2n) is 10.3. The molecule has 3 aliphatic rings. The summed E-state index contributed by atoms with van der Waals surface area (Å²) in [6.07, 6.45) is 4.02. The Morgan fingerprint density at radius 3 is 2.23 bits per heavy atom. The Hall–Kier alpha value is -3.58. The van der Waals surface area contributed by atoms with E-state index in [1.807, 2.05) is 39.0 Å². The third-order valence-electron chi connectivity index (χ3n) is 7.59. The Morgan fingerprint density at radius 2 is 1.62 bits per heavy atom. The van der Waals surface area contributed by atoms with Gasteiger partial charge in [-0.25, -0.2) is 0 Å². The lowest BCUT2D eigenvalue weighted by molar-refractivity contribution is -0.118. The minimum absolute atomic E-state index is 0.0519. The second-order valence-corrected chi connectivity index (χ2v) is 10.7. The summed E-state index contributed by atoms with van der Waals surface area (Å²) >= 11 is 6.74. The van der Waals surface area contributed by atoms with Gasteiger partial charge in [-0.15, -0.1) is 0 Å². The minimum atomic E-state index is -0.504. The van der Waals surface area contributed by atoms with Crippen LogP contribution in [0.1, 0.15) is 68.1 Å². The molecule has 1 amide bonds. The van der Waals surface area contributed by atoms with Crippen LogP contribution in [0.5, 0.6) is 11.5 Å². The second kappa shape index (κ2) is 11.3. The van der Waals surface area contributed by atoms with Crippen LogP contribution in [0.4, 0.5) is 5.69 Å². The van der Waals surface area contributed by atoms with Crippen molar-refractivity contribution in [2.75, 3.05) is 18.5 Å². The molecule has 2 N–H and O–H groups in total. The molecule has 0 bridgehead atoms. The van der Waals surface area contributed by atoms with Gasteiger partial charge in [-0.05, 0) is 87.4 Å². The number of nitrogens with one attached hydrogen (secondary N) is 2. The predicted octanol–water partition coefficient (Wildman–Crippen LogP) is 6.07. The third-order valence-corrected chi connectivity index (χ3v) is 7.88. The van der Waals surface area contributed by atoms with Crippen LogP contribution in [0.25, 0.3) is 0 Å². The Kier molecular flexibility index (Phi) is 7.80. The minimum Gasteiger partial charge on any atom is -0.490 e. The van der Waals surface area contributed by atoms with Crippen molar-refractivity contribution < 1.29 is 23.9 Å². The number of carbonyl (C=O) groups excluding carboxylic acids is 3. The molecule has 0 unspecified atom stereocenters. The number of ketones is 2. The molecule has 2 aliphatic carbocycles. The van der Waals surface area contributed by atoms with Gasteiger partial charge in [0.05, 0.1) is 11.6 Å². The lowest BCUT2D eigenvalue weighted by Crippen LogP contribution is -2.36. The molecule has 39 heavy (non-hydrogen) atoms. The number of benzene rings is 2. The van der Waals surface area contributed by atoms with Gasteiger partial charge in [0.15, 0.2) is 29.7 Å². The molecule has 1 aliphatic heterocycles. The maximum absolute atomic E-state index is 13.2. The van der Waals surface area contributed by atoms with Crippen LogP contribution < -0.4 is 20.1 Å². The molecule has 204 valence electrons. The van der Waals surface area contributed by atoms with E-state index in [0.717, 1.165) is 48.2 Å². The average molecular weight is 549 g/mol. The van der Waals surface area contributed by atoms with E-state index in [0.29, 0.717) is 47.6 Å². The fraction of sp³-hybridized carbons (Fsp3) is 0.387. The maximum Gasteiger partial charge on any atom is 0.262 e. The number of ether oxygens (including phenoxy) is 2. The van der Waals surface area contributed by atoms with Gasteiger partial charge >= 0.3 is 0 Å². The van der Waals surface area contributed by atoms with Crippen molar-refractivity contribution in [3.63, 3.8) is 0 Å². The van der Waals surface area contributed by atoms with Gasteiger partial charge in [-0.2, -0.15) is 0 Å². The molecule has 8 heteroatoms. The summed E-state index contributed by atoms with van der Waals surface area (Å²) in [4.78, 5) is 39.0. The number of halogens is 1. The highest BCUT2D eigenvalue weighted by Crippen LogP contribution is 2.48. The summed E-state index contributed by atoms with van der Waals surface area (Å²) < 4.78 is 11.8. The number of anilines is 1. The summed E-state index contributed by atoms with van der Waals surface area (Å²) in [5.74, 6) is -0.111. The molecule has 0 saturated carbocycles. The van der Waals surface area contributed by atoms with Crippen molar-refractivity contribution in [2.45, 2.75) is 65.2 Å². The van der Waals surface area contributed by atoms with Crippen LogP contribution in [0.3, 0.4) is 0 Å². The van der Waals surface area contributed by atoms with Crippen LogP contribution in [0.15, 0.2) is 52.9 Å². The molecular formula is C31H33ClN2O5. The number of hydrogen-bond donors (Lipinski definition) is 2. The van der Waals surface area contributed by atoms with Gasteiger partial charge in [0.1, 0.15) is 0 Å². The number of rotatable bonds is 7. The number of allylic oxidation sites excluding steroid dienone is 4. The highest BCUT2D eigenvalue weighted by Gasteiger charge is 2.40. The van der Waals surface area contributed by atoms with E-state index in [1.165, 1.54) is 0 Å². The summed E-state index contributed by atoms with van der Waals surface area (Å²) in [6, 6.07) is 9.23. The zero-order valence-corrected chi connectivity index (χ0v) is 23.3. The first-order valence-corrected chi connectivity index (χ1v) is 13.9. The number of Topliss-reactive ketones (excluding diaryl/α,β-unsaturated/α-hetero) is 2. The van der Waals surface area contributed by atoms with Gasteiger partial charge in [-0.1, -0.05) is 17.7 Å². The predicted molar refractivity (Wildman–Crippen MR) is 150 cm³/mol. The average Bonchev–Trinajstić information content (AvgIpc) is 2.89. The van der Waals surface area contributed by atoms with Crippen molar-refractivity contribution in [1.29, 1.82) is 0 Å². The zero-order valence-electron chi connectivity index (χ0n) is 22.5. The lowest BCUT2D eigenvalue weighted by Gasteiger charge is -2.37. The number of aryl methyl sites for hydroxylation is 2. The quantitative estimate of drug-likeness (QED) is 0.436. The summed E-state index contributed by atoms with van der Waals surface area (Å²) in [7, 11) is 0. The van der Waals surface area contributed by atoms with Crippen LogP contribution in [0, 0.1) is 13.8 Å². The normalized spacial score (nSPS) is 17.4. The van der Waals surface area contributed by atoms with E-state index < -0.39 is 5.92 Å². The van der Waals surface area contributed by atoms with Crippen LogP contribution in [-0.4, -0.2) is 30.7 Å². The highest BCUT2D eigenvalue weighted by atomic mass is 35.5. The number of dihydropyridines is 1. The smallest absolute Gasteiger partial charge is 0.262 e. The molecule has 0 radical (unpaired) electrons. The molecule has 7 nitrogen and oxygen atoms in total. The van der Waals surface area contributed by atoms with Crippen molar-refractivity contribution in [3.05, 3.63) is 74.6 Å². The number of carbonyl (C=O) groups is 3. The molecule has 0 atom stereocenters. The Bertz CT molecular complexity index is 1380. The molecule has 2 aromatic rings. The van der Waals surface area contributed by atoms with Gasteiger partial charge < -0.3 is 20.1 Å². The first-order chi connectivity index (χ1) is 18.8. The molecular weight excluding hydrogens is 516 g/mol. The van der Waals surface area contributed by atoms with Crippen LogP contribution >= 0.6 is 11.6 Å². The van der Waals surface area contributed by atoms with E-state index in [-0.39, 0.29) is 34.9 Å². The number of amides is 1.